The summed E-state index contributed by atoms with van der Waals surface area (Å²) in [6.07, 6.45) is 3.17. The fourth-order valence-corrected chi connectivity index (χ4v) is 2.48. The summed E-state index contributed by atoms with van der Waals surface area (Å²) in [5.74, 6) is -0.755. The van der Waals surface area contributed by atoms with E-state index in [9.17, 15) is 15.2 Å². The van der Waals surface area contributed by atoms with Crippen molar-refractivity contribution in [2.75, 3.05) is 0 Å². The zero-order valence-electron chi connectivity index (χ0n) is 13.4. The molecule has 0 bridgehead atoms. The number of benzene rings is 1. The van der Waals surface area contributed by atoms with Gasteiger partial charge in [-0.3, -0.25) is 9.78 Å². The highest BCUT2D eigenvalue weighted by atomic mass is 16.5. The number of carbonyl (C=O) groups is 1. The first-order valence-corrected chi connectivity index (χ1v) is 7.64. The number of hydrogen-bond donors (Lipinski definition) is 1. The summed E-state index contributed by atoms with van der Waals surface area (Å²) >= 11 is 0. The summed E-state index contributed by atoms with van der Waals surface area (Å²) < 4.78 is 1.08. The van der Waals surface area contributed by atoms with Crippen LogP contribution in [0.15, 0.2) is 53.8 Å². The zero-order chi connectivity index (χ0) is 17.8. The Balaban J connectivity index is 1.98. The SMILES string of the molecule is CCc1c(C(=O)N/N=C/c2ccccn2)[n+]([O-])c2ccccc2[n+]1[O-]. The molecule has 25 heavy (non-hydrogen) atoms. The third kappa shape index (κ3) is 3.09. The Labute approximate surface area is 143 Å². The summed E-state index contributed by atoms with van der Waals surface area (Å²) in [6.45, 7) is 1.70. The number of para-hydroxylation sites is 2. The van der Waals surface area contributed by atoms with Gasteiger partial charge in [0.25, 0.3) is 16.7 Å². The van der Waals surface area contributed by atoms with Crippen molar-refractivity contribution in [2.45, 2.75) is 13.3 Å². The van der Waals surface area contributed by atoms with Crippen molar-refractivity contribution in [3.8, 4) is 0 Å². The molecule has 126 valence electrons. The Morgan fingerprint density at radius 3 is 2.48 bits per heavy atom. The Morgan fingerprint density at radius 1 is 1.16 bits per heavy atom. The van der Waals surface area contributed by atoms with Crippen molar-refractivity contribution in [1.82, 2.24) is 10.4 Å². The Kier molecular flexibility index (Phi) is 4.51. The van der Waals surface area contributed by atoms with E-state index >= 15 is 0 Å². The average molecular weight is 337 g/mol. The van der Waals surface area contributed by atoms with Gasteiger partial charge in [-0.25, -0.2) is 5.43 Å². The van der Waals surface area contributed by atoms with Gasteiger partial charge in [-0.15, -0.1) is 4.73 Å². The predicted molar refractivity (Wildman–Crippen MR) is 90.5 cm³/mol. The molecule has 0 aliphatic heterocycles. The molecule has 0 unspecified atom stereocenters. The molecular weight excluding hydrogens is 322 g/mol. The maximum atomic E-state index is 12.6. The Bertz CT molecular complexity index is 957. The van der Waals surface area contributed by atoms with E-state index in [1.54, 1.807) is 43.5 Å². The quantitative estimate of drug-likeness (QED) is 0.329. The molecule has 0 radical (unpaired) electrons. The zero-order valence-corrected chi connectivity index (χ0v) is 13.4. The van der Waals surface area contributed by atoms with E-state index in [4.69, 9.17) is 0 Å². The van der Waals surface area contributed by atoms with Crippen LogP contribution in [0.5, 0.6) is 0 Å². The van der Waals surface area contributed by atoms with Crippen molar-refractivity contribution < 1.29 is 14.3 Å². The monoisotopic (exact) mass is 337 g/mol. The first-order valence-electron chi connectivity index (χ1n) is 7.64. The second-order valence-corrected chi connectivity index (χ2v) is 5.18. The first-order chi connectivity index (χ1) is 12.1. The number of nitrogens with one attached hydrogen (secondary N) is 1. The van der Waals surface area contributed by atoms with E-state index in [-0.39, 0.29) is 28.8 Å². The van der Waals surface area contributed by atoms with Crippen LogP contribution in [0.1, 0.15) is 28.8 Å². The summed E-state index contributed by atoms with van der Waals surface area (Å²) in [5, 5.41) is 28.8. The number of hydrazone groups is 1. The average Bonchev–Trinajstić information content (AvgIpc) is 2.65. The molecule has 1 aromatic carbocycles. The molecule has 3 aromatic rings. The van der Waals surface area contributed by atoms with Crippen molar-refractivity contribution in [3.63, 3.8) is 0 Å². The van der Waals surface area contributed by atoms with Crippen LogP contribution in [0.2, 0.25) is 0 Å². The van der Waals surface area contributed by atoms with E-state index in [0.29, 0.717) is 15.2 Å². The van der Waals surface area contributed by atoms with Crippen LogP contribution in [0.4, 0.5) is 0 Å². The van der Waals surface area contributed by atoms with E-state index < -0.39 is 5.91 Å². The summed E-state index contributed by atoms with van der Waals surface area (Å²) in [6, 6.07) is 11.6. The van der Waals surface area contributed by atoms with Crippen LogP contribution in [-0.4, -0.2) is 17.1 Å². The summed E-state index contributed by atoms with van der Waals surface area (Å²) in [7, 11) is 0. The molecule has 1 N–H and O–H groups in total. The lowest BCUT2D eigenvalue weighted by molar-refractivity contribution is -0.636. The minimum atomic E-state index is -0.755. The number of carbonyl (C=O) groups excluding carboxylic acids is 1. The van der Waals surface area contributed by atoms with Crippen LogP contribution in [0.3, 0.4) is 0 Å². The molecule has 8 heteroatoms. The van der Waals surface area contributed by atoms with Crippen LogP contribution >= 0.6 is 0 Å². The van der Waals surface area contributed by atoms with Gasteiger partial charge >= 0.3 is 11.6 Å². The lowest BCUT2D eigenvalue weighted by atomic mass is 10.2. The molecule has 2 aromatic heterocycles. The fraction of sp³-hybridized carbons (Fsp3) is 0.118. The molecule has 0 fully saturated rings. The molecule has 0 atom stereocenters. The smallest absolute Gasteiger partial charge is 0.352 e. The van der Waals surface area contributed by atoms with Crippen molar-refractivity contribution in [2.24, 2.45) is 5.10 Å². The Hall–Kier alpha value is -3.55. The molecule has 0 aliphatic carbocycles. The topological polar surface area (TPSA) is 108 Å². The van der Waals surface area contributed by atoms with E-state index in [0.717, 1.165) is 0 Å². The lowest BCUT2D eigenvalue weighted by Crippen LogP contribution is -2.49. The predicted octanol–water partition coefficient (Wildman–Crippen LogP) is 0.828. The molecule has 0 aliphatic rings. The number of aromatic nitrogens is 3. The largest absolute Gasteiger partial charge is 0.618 e. The van der Waals surface area contributed by atoms with Gasteiger partial charge < -0.3 is 10.4 Å². The van der Waals surface area contributed by atoms with Crippen LogP contribution in [0.25, 0.3) is 11.0 Å². The van der Waals surface area contributed by atoms with Crippen molar-refractivity contribution >= 4 is 23.2 Å². The summed E-state index contributed by atoms with van der Waals surface area (Å²) in [4.78, 5) is 16.4. The van der Waals surface area contributed by atoms with Gasteiger partial charge in [0.2, 0.25) is 0 Å². The second-order valence-electron chi connectivity index (χ2n) is 5.18. The molecule has 0 saturated heterocycles. The third-order valence-corrected chi connectivity index (χ3v) is 3.64. The number of nitrogens with zero attached hydrogens (tertiary/aromatic N) is 4. The van der Waals surface area contributed by atoms with Gasteiger partial charge in [0.15, 0.2) is 0 Å². The molecule has 8 nitrogen and oxygen atoms in total. The van der Waals surface area contributed by atoms with Gasteiger partial charge in [-0.1, -0.05) is 25.1 Å². The second kappa shape index (κ2) is 6.91. The van der Waals surface area contributed by atoms with Crippen LogP contribution in [-0.2, 0) is 6.42 Å². The highest BCUT2D eigenvalue weighted by Gasteiger charge is 2.32. The number of rotatable bonds is 4. The number of pyridine rings is 1. The van der Waals surface area contributed by atoms with Gasteiger partial charge in [-0.05, 0) is 12.1 Å². The summed E-state index contributed by atoms with van der Waals surface area (Å²) in [5.41, 5.74) is 2.96. The van der Waals surface area contributed by atoms with E-state index in [1.165, 1.54) is 18.3 Å². The highest BCUT2D eigenvalue weighted by Crippen LogP contribution is 2.10. The maximum Gasteiger partial charge on any atom is 0.352 e. The number of fused-ring (bicyclic) bond motifs is 1. The molecule has 0 spiro atoms. The van der Waals surface area contributed by atoms with Gasteiger partial charge in [0, 0.05) is 24.8 Å². The maximum absolute atomic E-state index is 12.6. The number of hydrogen-bond acceptors (Lipinski definition) is 5. The Morgan fingerprint density at radius 2 is 1.84 bits per heavy atom. The standard InChI is InChI=1S/C17H15N5O3/c1-2-13-16(17(23)20-19-11-12-7-5-6-10-18-12)22(25)15-9-4-3-8-14(15)21(13)24/h3-11H,2H2,1H3,(H,20,23)/b19-11+. The highest BCUT2D eigenvalue weighted by molar-refractivity contribution is 5.93. The number of amides is 1. The molecule has 3 rings (SSSR count). The van der Waals surface area contributed by atoms with Crippen molar-refractivity contribution in [3.05, 3.63) is 76.2 Å². The minimum absolute atomic E-state index is 0.0826. The molecular formula is C17H15N5O3. The first kappa shape index (κ1) is 16.3. The molecule has 1 amide bonds. The van der Waals surface area contributed by atoms with Crippen molar-refractivity contribution in [1.29, 1.82) is 0 Å². The fourth-order valence-electron chi connectivity index (χ4n) is 2.48. The minimum Gasteiger partial charge on any atom is -0.618 e. The van der Waals surface area contributed by atoms with E-state index in [1.807, 2.05) is 0 Å². The van der Waals surface area contributed by atoms with Gasteiger partial charge in [0.1, 0.15) is 0 Å². The van der Waals surface area contributed by atoms with Crippen LogP contribution in [0, 0.1) is 10.4 Å². The normalized spacial score (nSPS) is 11.1. The van der Waals surface area contributed by atoms with E-state index in [2.05, 4.69) is 15.5 Å². The van der Waals surface area contributed by atoms with Gasteiger partial charge in [-0.2, -0.15) is 9.83 Å². The van der Waals surface area contributed by atoms with Gasteiger partial charge in [0.05, 0.1) is 11.9 Å². The lowest BCUT2D eigenvalue weighted by Gasteiger charge is -2.11. The molecule has 2 heterocycles. The molecule has 0 saturated carbocycles. The third-order valence-electron chi connectivity index (χ3n) is 3.64. The van der Waals surface area contributed by atoms with Crippen LogP contribution < -0.4 is 14.9 Å².